The molecule has 8 heteroatoms. The van der Waals surface area contributed by atoms with Crippen molar-refractivity contribution in [3.05, 3.63) is 28.3 Å². The summed E-state index contributed by atoms with van der Waals surface area (Å²) in [5.41, 5.74) is 0.733. The number of carbonyl (C=O) groups is 1. The van der Waals surface area contributed by atoms with Crippen LogP contribution in [-0.2, 0) is 14.8 Å². The fraction of sp³-hybridized carbons (Fsp3) is 0.462. The first kappa shape index (κ1) is 16.2. The molecule has 2 rings (SSSR count). The van der Waals surface area contributed by atoms with Gasteiger partial charge in [-0.05, 0) is 37.5 Å². The minimum atomic E-state index is -3.92. The molecule has 0 aromatic heterocycles. The van der Waals surface area contributed by atoms with Crippen molar-refractivity contribution in [2.24, 2.45) is 5.14 Å². The van der Waals surface area contributed by atoms with E-state index in [2.05, 4.69) is 5.32 Å². The number of rotatable bonds is 4. The molecule has 1 aliphatic carbocycles. The molecule has 21 heavy (non-hydrogen) atoms. The molecule has 6 nitrogen and oxygen atoms in total. The summed E-state index contributed by atoms with van der Waals surface area (Å²) in [6, 6.07) is 2.52. The molecule has 1 aromatic carbocycles. The third kappa shape index (κ3) is 3.55. The molecule has 0 saturated heterocycles. The third-order valence-electron chi connectivity index (χ3n) is 3.65. The Labute approximate surface area is 128 Å². The molecule has 3 N–H and O–H groups in total. The number of methoxy groups -OCH3 is 1. The Morgan fingerprint density at radius 2 is 2.05 bits per heavy atom. The van der Waals surface area contributed by atoms with Gasteiger partial charge in [-0.25, -0.2) is 13.6 Å². The molecule has 0 spiro atoms. The van der Waals surface area contributed by atoms with E-state index in [-0.39, 0.29) is 33.5 Å². The van der Waals surface area contributed by atoms with Crippen molar-refractivity contribution in [1.29, 1.82) is 0 Å². The number of amides is 1. The number of hydrogen-bond acceptors (Lipinski definition) is 4. The molecular formula is C13H17ClN2O4S. The van der Waals surface area contributed by atoms with Crippen LogP contribution in [0.25, 0.3) is 0 Å². The summed E-state index contributed by atoms with van der Waals surface area (Å²) < 4.78 is 28.0. The maximum absolute atomic E-state index is 12.2. The number of ether oxygens (including phenoxy) is 1. The van der Waals surface area contributed by atoms with Crippen molar-refractivity contribution in [2.45, 2.75) is 36.8 Å². The van der Waals surface area contributed by atoms with E-state index in [0.29, 0.717) is 5.56 Å². The smallest absolute Gasteiger partial charge is 0.251 e. The molecule has 0 unspecified atom stereocenters. The molecular weight excluding hydrogens is 316 g/mol. The second kappa shape index (κ2) is 5.92. The highest BCUT2D eigenvalue weighted by Crippen LogP contribution is 2.26. The number of primary sulfonamides is 1. The van der Waals surface area contributed by atoms with Crippen LogP contribution in [0, 0.1) is 6.92 Å². The number of nitrogens with one attached hydrogen (secondary N) is 1. The van der Waals surface area contributed by atoms with Crippen LogP contribution in [0.3, 0.4) is 0 Å². The highest BCUT2D eigenvalue weighted by molar-refractivity contribution is 7.89. The normalized spacial score (nSPS) is 21.7. The second-order valence-electron chi connectivity index (χ2n) is 5.12. The van der Waals surface area contributed by atoms with Crippen LogP contribution < -0.4 is 10.5 Å². The Balaban J connectivity index is 2.22. The SMILES string of the molecule is COC1CC(NC(=O)c2cc(S(N)(=O)=O)cc(Cl)c2C)C1. The van der Waals surface area contributed by atoms with Gasteiger partial charge < -0.3 is 10.1 Å². The lowest BCUT2D eigenvalue weighted by molar-refractivity contribution is 0.0176. The Hall–Kier alpha value is -1.15. The van der Waals surface area contributed by atoms with Crippen molar-refractivity contribution in [3.8, 4) is 0 Å². The van der Waals surface area contributed by atoms with Crippen LogP contribution in [0.5, 0.6) is 0 Å². The van der Waals surface area contributed by atoms with Gasteiger partial charge in [0.15, 0.2) is 0 Å². The van der Waals surface area contributed by atoms with Crippen LogP contribution in [0.15, 0.2) is 17.0 Å². The largest absolute Gasteiger partial charge is 0.381 e. The molecule has 0 bridgehead atoms. The Bertz CT molecular complexity index is 669. The van der Waals surface area contributed by atoms with E-state index in [4.69, 9.17) is 21.5 Å². The van der Waals surface area contributed by atoms with Gasteiger partial charge in [-0.3, -0.25) is 4.79 Å². The number of hydrogen-bond donors (Lipinski definition) is 2. The maximum Gasteiger partial charge on any atom is 0.251 e. The Morgan fingerprint density at radius 1 is 1.43 bits per heavy atom. The fourth-order valence-electron chi connectivity index (χ4n) is 2.19. The number of halogens is 1. The van der Waals surface area contributed by atoms with Gasteiger partial charge in [-0.1, -0.05) is 11.6 Å². The first-order valence-corrected chi connectivity index (χ1v) is 8.31. The fourth-order valence-corrected chi connectivity index (χ4v) is 3.04. The third-order valence-corrected chi connectivity index (χ3v) is 4.94. The van der Waals surface area contributed by atoms with Crippen LogP contribution >= 0.6 is 11.6 Å². The van der Waals surface area contributed by atoms with Gasteiger partial charge in [0, 0.05) is 23.7 Å². The van der Waals surface area contributed by atoms with Crippen molar-refractivity contribution in [2.75, 3.05) is 7.11 Å². The zero-order chi connectivity index (χ0) is 15.8. The number of carbonyl (C=O) groups excluding carboxylic acids is 1. The monoisotopic (exact) mass is 332 g/mol. The molecule has 116 valence electrons. The standard InChI is InChI=1S/C13H17ClN2O4S/c1-7-11(5-10(6-12(7)14)21(15,18)19)13(17)16-8-3-9(4-8)20-2/h5-6,8-9H,3-4H2,1-2H3,(H,16,17)(H2,15,18,19). The van der Waals surface area contributed by atoms with Crippen molar-refractivity contribution in [3.63, 3.8) is 0 Å². The lowest BCUT2D eigenvalue weighted by Gasteiger charge is -2.34. The minimum absolute atomic E-state index is 0.0266. The first-order valence-electron chi connectivity index (χ1n) is 6.39. The van der Waals surface area contributed by atoms with E-state index < -0.39 is 10.0 Å². The lowest BCUT2D eigenvalue weighted by atomic mass is 9.89. The highest BCUT2D eigenvalue weighted by atomic mass is 35.5. The van der Waals surface area contributed by atoms with Gasteiger partial charge in [0.2, 0.25) is 10.0 Å². The minimum Gasteiger partial charge on any atom is -0.381 e. The number of nitrogens with two attached hydrogens (primary N) is 1. The molecule has 1 saturated carbocycles. The van der Waals surface area contributed by atoms with E-state index in [1.165, 1.54) is 12.1 Å². The summed E-state index contributed by atoms with van der Waals surface area (Å²) in [4.78, 5) is 12.1. The van der Waals surface area contributed by atoms with Crippen molar-refractivity contribution in [1.82, 2.24) is 5.32 Å². The topological polar surface area (TPSA) is 98.5 Å². The van der Waals surface area contributed by atoms with Gasteiger partial charge in [0.05, 0.1) is 11.0 Å². The summed E-state index contributed by atoms with van der Waals surface area (Å²) >= 11 is 5.98. The highest BCUT2D eigenvalue weighted by Gasteiger charge is 2.31. The van der Waals surface area contributed by atoms with E-state index >= 15 is 0 Å². The molecule has 0 heterocycles. The van der Waals surface area contributed by atoms with Gasteiger partial charge in [-0.15, -0.1) is 0 Å². The van der Waals surface area contributed by atoms with Crippen LogP contribution in [0.1, 0.15) is 28.8 Å². The molecule has 0 atom stereocenters. The summed E-state index contributed by atoms with van der Waals surface area (Å²) in [5.74, 6) is -0.362. The van der Waals surface area contributed by atoms with Gasteiger partial charge in [-0.2, -0.15) is 0 Å². The van der Waals surface area contributed by atoms with Crippen LogP contribution in [-0.4, -0.2) is 33.6 Å². The van der Waals surface area contributed by atoms with Gasteiger partial charge >= 0.3 is 0 Å². The van der Waals surface area contributed by atoms with Crippen molar-refractivity contribution >= 4 is 27.5 Å². The van der Waals surface area contributed by atoms with Crippen molar-refractivity contribution < 1.29 is 17.9 Å². The molecule has 1 aromatic rings. The van der Waals surface area contributed by atoms with Crippen LogP contribution in [0.4, 0.5) is 0 Å². The number of sulfonamides is 1. The lowest BCUT2D eigenvalue weighted by Crippen LogP contribution is -2.47. The average Bonchev–Trinajstić information content (AvgIpc) is 2.34. The van der Waals surface area contributed by atoms with E-state index in [9.17, 15) is 13.2 Å². The van der Waals surface area contributed by atoms with Gasteiger partial charge in [0.25, 0.3) is 5.91 Å². The summed E-state index contributed by atoms with van der Waals surface area (Å²) in [6.45, 7) is 1.66. The molecule has 1 fully saturated rings. The summed E-state index contributed by atoms with van der Waals surface area (Å²) in [6.07, 6.45) is 1.64. The zero-order valence-corrected chi connectivity index (χ0v) is 13.3. The zero-order valence-electron chi connectivity index (χ0n) is 11.7. The Morgan fingerprint density at radius 3 is 2.57 bits per heavy atom. The maximum atomic E-state index is 12.2. The quantitative estimate of drug-likeness (QED) is 0.865. The van der Waals surface area contributed by atoms with E-state index in [1.807, 2.05) is 0 Å². The van der Waals surface area contributed by atoms with Crippen LogP contribution in [0.2, 0.25) is 5.02 Å². The predicted octanol–water partition coefficient (Wildman–Crippen LogP) is 1.20. The summed E-state index contributed by atoms with van der Waals surface area (Å²) in [7, 11) is -2.29. The van der Waals surface area contributed by atoms with E-state index in [0.717, 1.165) is 12.8 Å². The predicted molar refractivity (Wildman–Crippen MR) is 78.8 cm³/mol. The molecule has 0 radical (unpaired) electrons. The molecule has 0 aliphatic heterocycles. The molecule has 1 aliphatic rings. The molecule has 1 amide bonds. The van der Waals surface area contributed by atoms with Gasteiger partial charge in [0.1, 0.15) is 0 Å². The summed E-state index contributed by atoms with van der Waals surface area (Å²) in [5, 5.41) is 8.11. The number of benzene rings is 1. The average molecular weight is 333 g/mol. The van der Waals surface area contributed by atoms with E-state index in [1.54, 1.807) is 14.0 Å². The second-order valence-corrected chi connectivity index (χ2v) is 7.09. The Kier molecular flexibility index (Phi) is 4.57. The first-order chi connectivity index (χ1) is 9.72.